The molecule has 3 nitrogen and oxygen atoms in total. The van der Waals surface area contributed by atoms with Crippen LogP contribution in [0.3, 0.4) is 0 Å². The number of aliphatic hydroxyl groups excluding tert-OH is 1. The summed E-state index contributed by atoms with van der Waals surface area (Å²) in [5.74, 6) is -5.97. The summed E-state index contributed by atoms with van der Waals surface area (Å²) < 4.78 is 75.6. The second-order valence-electron chi connectivity index (χ2n) is 5.28. The number of hydrogen-bond acceptors (Lipinski definition) is 2. The topological polar surface area (TPSA) is 40.5 Å². The number of piperidine rings is 1. The first-order valence-corrected chi connectivity index (χ1v) is 6.56. The molecule has 1 fully saturated rings. The molecule has 1 saturated heterocycles. The molecule has 0 saturated carbocycles. The first kappa shape index (κ1) is 18.1. The second-order valence-corrected chi connectivity index (χ2v) is 5.28. The summed E-state index contributed by atoms with van der Waals surface area (Å²) in [4.78, 5) is 12.4. The van der Waals surface area contributed by atoms with Crippen LogP contribution >= 0.6 is 0 Å². The highest BCUT2D eigenvalue weighted by Crippen LogP contribution is 2.41. The van der Waals surface area contributed by atoms with Crippen LogP contribution in [0.1, 0.15) is 32.6 Å². The Morgan fingerprint density at radius 3 is 2.14 bits per heavy atom. The van der Waals surface area contributed by atoms with Crippen LogP contribution in [0.25, 0.3) is 0 Å². The number of alkyl halides is 6. The minimum absolute atomic E-state index is 0.0336. The fraction of sp³-hybridized carbons (Fsp3) is 0.917. The van der Waals surface area contributed by atoms with Crippen molar-refractivity contribution in [2.75, 3.05) is 6.54 Å². The summed E-state index contributed by atoms with van der Waals surface area (Å²) in [6, 6.07) is -0.793. The monoisotopic (exact) mass is 321 g/mol. The van der Waals surface area contributed by atoms with E-state index in [1.54, 1.807) is 0 Å². The summed E-state index contributed by atoms with van der Waals surface area (Å²) in [6.07, 6.45) is -11.1. The van der Waals surface area contributed by atoms with Gasteiger partial charge < -0.3 is 10.0 Å². The van der Waals surface area contributed by atoms with Gasteiger partial charge in [0.25, 0.3) is 0 Å². The summed E-state index contributed by atoms with van der Waals surface area (Å²) in [6.45, 7) is 1.22. The summed E-state index contributed by atoms with van der Waals surface area (Å²) in [7, 11) is 0. The van der Waals surface area contributed by atoms with Gasteiger partial charge in [0, 0.05) is 12.6 Å². The van der Waals surface area contributed by atoms with E-state index in [2.05, 4.69) is 0 Å². The van der Waals surface area contributed by atoms with Crippen LogP contribution < -0.4 is 0 Å². The smallest absolute Gasteiger partial charge is 0.393 e. The summed E-state index contributed by atoms with van der Waals surface area (Å²) in [5.41, 5.74) is 0. The van der Waals surface area contributed by atoms with Gasteiger partial charge in [-0.1, -0.05) is 0 Å². The largest absolute Gasteiger partial charge is 0.409 e. The predicted octanol–water partition coefficient (Wildman–Crippen LogP) is 2.88. The van der Waals surface area contributed by atoms with Crippen LogP contribution in [0.2, 0.25) is 0 Å². The van der Waals surface area contributed by atoms with Crippen molar-refractivity contribution >= 4 is 5.91 Å². The van der Waals surface area contributed by atoms with Crippen molar-refractivity contribution < 1.29 is 36.2 Å². The van der Waals surface area contributed by atoms with E-state index in [4.69, 9.17) is 0 Å². The van der Waals surface area contributed by atoms with Gasteiger partial charge in [0.15, 0.2) is 0 Å². The Morgan fingerprint density at radius 1 is 1.19 bits per heavy atom. The lowest BCUT2D eigenvalue weighted by Crippen LogP contribution is -2.54. The number of hydrogen-bond donors (Lipinski definition) is 1. The van der Waals surface area contributed by atoms with Gasteiger partial charge in [-0.05, 0) is 32.6 Å². The minimum atomic E-state index is -5.68. The molecular formula is C12H17F6NO2. The number of likely N-dealkylation sites (tertiary alicyclic amines) is 1. The maximum atomic E-state index is 12.6. The minimum Gasteiger partial charge on any atom is -0.393 e. The molecule has 1 rings (SSSR count). The van der Waals surface area contributed by atoms with Gasteiger partial charge in [-0.25, -0.2) is 0 Å². The molecule has 2 unspecified atom stereocenters. The lowest BCUT2D eigenvalue weighted by molar-refractivity contribution is -0.278. The Morgan fingerprint density at radius 2 is 1.71 bits per heavy atom. The van der Waals surface area contributed by atoms with E-state index in [9.17, 15) is 36.2 Å². The fourth-order valence-electron chi connectivity index (χ4n) is 2.56. The number of carbonyl (C=O) groups excluding carboxylic acids is 1. The molecule has 0 radical (unpaired) electrons. The first-order valence-electron chi connectivity index (χ1n) is 6.56. The van der Waals surface area contributed by atoms with Gasteiger partial charge in [-0.3, -0.25) is 4.79 Å². The number of nitrogens with zero attached hydrogens (tertiary/aromatic N) is 1. The molecule has 124 valence electrons. The van der Waals surface area contributed by atoms with E-state index in [1.807, 2.05) is 0 Å². The van der Waals surface area contributed by atoms with Crippen molar-refractivity contribution in [3.8, 4) is 0 Å². The molecule has 1 N–H and O–H groups in total. The van der Waals surface area contributed by atoms with Crippen LogP contribution in [-0.4, -0.2) is 47.0 Å². The molecule has 0 aromatic rings. The Kier molecular flexibility index (Phi) is 5.51. The lowest BCUT2D eigenvalue weighted by Gasteiger charge is -2.39. The number of rotatable bonds is 3. The summed E-state index contributed by atoms with van der Waals surface area (Å²) in [5, 5.41) is 9.28. The molecule has 1 heterocycles. The van der Waals surface area contributed by atoms with E-state index >= 15 is 0 Å². The molecule has 0 aliphatic carbocycles. The van der Waals surface area contributed by atoms with Crippen molar-refractivity contribution in [1.29, 1.82) is 0 Å². The molecule has 21 heavy (non-hydrogen) atoms. The van der Waals surface area contributed by atoms with E-state index in [-0.39, 0.29) is 13.0 Å². The molecule has 1 amide bonds. The zero-order chi connectivity index (χ0) is 16.4. The number of halogens is 6. The zero-order valence-electron chi connectivity index (χ0n) is 11.3. The average molecular weight is 321 g/mol. The lowest BCUT2D eigenvalue weighted by atomic mass is 9.95. The van der Waals surface area contributed by atoms with E-state index in [0.29, 0.717) is 24.2 Å². The van der Waals surface area contributed by atoms with Crippen LogP contribution in [0.4, 0.5) is 26.3 Å². The standard InChI is InChI=1S/C12H17F6NO2/c1-7(20)6-8-4-2-3-5-19(8)10(21)9(11(13,14)15)12(16,17)18/h7-9,20H,2-6H2,1H3. The number of aliphatic hydroxyl groups is 1. The molecule has 2 atom stereocenters. The molecule has 0 aromatic heterocycles. The molecule has 9 heteroatoms. The molecule has 0 aromatic carbocycles. The molecular weight excluding hydrogens is 304 g/mol. The Labute approximate surface area is 117 Å². The third-order valence-electron chi connectivity index (χ3n) is 3.43. The first-order chi connectivity index (χ1) is 9.44. The SMILES string of the molecule is CC(O)CC1CCCCN1C(=O)C(C(F)(F)F)C(F)(F)F. The van der Waals surface area contributed by atoms with Gasteiger partial charge in [-0.15, -0.1) is 0 Å². The molecule has 0 bridgehead atoms. The number of carbonyl (C=O) groups is 1. The maximum absolute atomic E-state index is 12.6. The van der Waals surface area contributed by atoms with Gasteiger partial charge in [-0.2, -0.15) is 26.3 Å². The third-order valence-corrected chi connectivity index (χ3v) is 3.43. The van der Waals surface area contributed by atoms with Crippen LogP contribution in [0.15, 0.2) is 0 Å². The fourth-order valence-corrected chi connectivity index (χ4v) is 2.56. The van der Waals surface area contributed by atoms with Crippen molar-refractivity contribution in [3.63, 3.8) is 0 Å². The molecule has 1 aliphatic rings. The molecule has 0 spiro atoms. The van der Waals surface area contributed by atoms with Gasteiger partial charge >= 0.3 is 12.4 Å². The van der Waals surface area contributed by atoms with Gasteiger partial charge in [0.05, 0.1) is 6.10 Å². The van der Waals surface area contributed by atoms with Crippen molar-refractivity contribution in [3.05, 3.63) is 0 Å². The zero-order valence-corrected chi connectivity index (χ0v) is 11.3. The number of amides is 1. The average Bonchev–Trinajstić information content (AvgIpc) is 2.24. The van der Waals surface area contributed by atoms with E-state index in [0.717, 1.165) is 0 Å². The van der Waals surface area contributed by atoms with E-state index < -0.39 is 36.3 Å². The Bertz CT molecular complexity index is 352. The highest BCUT2D eigenvalue weighted by Gasteiger charge is 2.62. The predicted molar refractivity (Wildman–Crippen MR) is 61.2 cm³/mol. The Balaban J connectivity index is 3.00. The highest BCUT2D eigenvalue weighted by atomic mass is 19.4. The maximum Gasteiger partial charge on any atom is 0.409 e. The second kappa shape index (κ2) is 6.41. The normalized spacial score (nSPS) is 22.5. The van der Waals surface area contributed by atoms with Crippen molar-refractivity contribution in [2.24, 2.45) is 5.92 Å². The van der Waals surface area contributed by atoms with Crippen molar-refractivity contribution in [2.45, 2.75) is 57.1 Å². The van der Waals surface area contributed by atoms with Crippen LogP contribution in [0.5, 0.6) is 0 Å². The Hall–Kier alpha value is -0.990. The highest BCUT2D eigenvalue weighted by molar-refractivity contribution is 5.81. The van der Waals surface area contributed by atoms with Crippen LogP contribution in [-0.2, 0) is 4.79 Å². The van der Waals surface area contributed by atoms with Gasteiger partial charge in [0.1, 0.15) is 0 Å². The molecule has 1 aliphatic heterocycles. The van der Waals surface area contributed by atoms with E-state index in [1.165, 1.54) is 6.92 Å². The van der Waals surface area contributed by atoms with Gasteiger partial charge in [0.2, 0.25) is 11.8 Å². The van der Waals surface area contributed by atoms with Crippen LogP contribution in [0, 0.1) is 5.92 Å². The van der Waals surface area contributed by atoms with Crippen molar-refractivity contribution in [1.82, 2.24) is 4.90 Å². The summed E-state index contributed by atoms with van der Waals surface area (Å²) >= 11 is 0. The third kappa shape index (κ3) is 4.76. The quantitative estimate of drug-likeness (QED) is 0.812.